The molecule has 1 atom stereocenters. The molecule has 5 nitrogen and oxygen atoms in total. The van der Waals surface area contributed by atoms with Crippen molar-refractivity contribution in [3.05, 3.63) is 40.1 Å². The lowest BCUT2D eigenvalue weighted by Gasteiger charge is -2.32. The zero-order valence-electron chi connectivity index (χ0n) is 13.3. The normalized spacial score (nSPS) is 19.3. The van der Waals surface area contributed by atoms with Crippen LogP contribution in [0.15, 0.2) is 23.8 Å². The maximum Gasteiger partial charge on any atom is 0.112 e. The molecule has 0 saturated carbocycles. The van der Waals surface area contributed by atoms with Gasteiger partial charge in [-0.25, -0.2) is 4.98 Å². The summed E-state index contributed by atoms with van der Waals surface area (Å²) in [5.74, 6) is 0. The first kappa shape index (κ1) is 15.4. The molecular weight excluding hydrogens is 296 g/mol. The number of thiazole rings is 1. The Kier molecular flexibility index (Phi) is 4.71. The number of pyridine rings is 1. The van der Waals surface area contributed by atoms with E-state index in [2.05, 4.69) is 38.8 Å². The highest BCUT2D eigenvalue weighted by Gasteiger charge is 2.23. The van der Waals surface area contributed by atoms with Gasteiger partial charge in [0.2, 0.25) is 0 Å². The number of aryl methyl sites for hydroxylation is 1. The highest BCUT2D eigenvalue weighted by Crippen LogP contribution is 2.24. The van der Waals surface area contributed by atoms with Crippen molar-refractivity contribution in [1.29, 1.82) is 0 Å². The molecule has 0 radical (unpaired) electrons. The topological polar surface area (TPSA) is 41.5 Å². The standard InChI is InChI=1S/C16H22N4OS/c1-12-16(22-11-18-12)10-20-6-7-21-15(9-20)14-5-4-13(8-17-14)19(2)3/h4-5,8,11,15H,6-7,9-10H2,1-3H3/t15-/m0/s1. The van der Waals surface area contributed by atoms with Crippen LogP contribution in [0.2, 0.25) is 0 Å². The first-order valence-corrected chi connectivity index (χ1v) is 8.37. The number of anilines is 1. The summed E-state index contributed by atoms with van der Waals surface area (Å²) in [6.45, 7) is 5.62. The number of morpholine rings is 1. The van der Waals surface area contributed by atoms with E-state index < -0.39 is 0 Å². The van der Waals surface area contributed by atoms with Crippen molar-refractivity contribution in [2.45, 2.75) is 19.6 Å². The smallest absolute Gasteiger partial charge is 0.112 e. The van der Waals surface area contributed by atoms with Gasteiger partial charge in [0.15, 0.2) is 0 Å². The Labute approximate surface area is 135 Å². The highest BCUT2D eigenvalue weighted by molar-refractivity contribution is 7.09. The third-order valence-electron chi connectivity index (χ3n) is 3.98. The largest absolute Gasteiger partial charge is 0.376 e. The minimum atomic E-state index is 0.0539. The Morgan fingerprint density at radius 1 is 1.36 bits per heavy atom. The second kappa shape index (κ2) is 6.73. The predicted molar refractivity (Wildman–Crippen MR) is 89.4 cm³/mol. The van der Waals surface area contributed by atoms with E-state index in [0.717, 1.165) is 43.3 Å². The van der Waals surface area contributed by atoms with Crippen LogP contribution in [0.1, 0.15) is 22.4 Å². The molecule has 1 aliphatic heterocycles. The van der Waals surface area contributed by atoms with E-state index in [-0.39, 0.29) is 6.10 Å². The molecule has 3 rings (SSSR count). The SMILES string of the molecule is Cc1ncsc1CN1CCO[C@H](c2ccc(N(C)C)cn2)C1. The van der Waals surface area contributed by atoms with Crippen molar-refractivity contribution in [3.8, 4) is 0 Å². The van der Waals surface area contributed by atoms with Crippen LogP contribution in [0.25, 0.3) is 0 Å². The molecule has 2 aromatic heterocycles. The fraction of sp³-hybridized carbons (Fsp3) is 0.500. The fourth-order valence-corrected chi connectivity index (χ4v) is 3.38. The summed E-state index contributed by atoms with van der Waals surface area (Å²) in [4.78, 5) is 14.7. The van der Waals surface area contributed by atoms with Crippen molar-refractivity contribution in [1.82, 2.24) is 14.9 Å². The maximum atomic E-state index is 5.91. The van der Waals surface area contributed by atoms with Gasteiger partial charge in [-0.1, -0.05) is 0 Å². The zero-order chi connectivity index (χ0) is 15.5. The molecule has 0 spiro atoms. The molecule has 2 aromatic rings. The van der Waals surface area contributed by atoms with Crippen molar-refractivity contribution >= 4 is 17.0 Å². The van der Waals surface area contributed by atoms with Crippen molar-refractivity contribution in [3.63, 3.8) is 0 Å². The summed E-state index contributed by atoms with van der Waals surface area (Å²) in [5.41, 5.74) is 5.18. The molecule has 0 amide bonds. The fourth-order valence-electron chi connectivity index (χ4n) is 2.56. The lowest BCUT2D eigenvalue weighted by molar-refractivity contribution is -0.0347. The van der Waals surface area contributed by atoms with Crippen molar-refractivity contribution in [2.24, 2.45) is 0 Å². The highest BCUT2D eigenvalue weighted by atomic mass is 32.1. The van der Waals surface area contributed by atoms with E-state index in [9.17, 15) is 0 Å². The number of rotatable bonds is 4. The first-order chi connectivity index (χ1) is 10.6. The summed E-state index contributed by atoms with van der Waals surface area (Å²) < 4.78 is 5.91. The van der Waals surface area contributed by atoms with Gasteiger partial charge in [-0.05, 0) is 19.1 Å². The number of hydrogen-bond donors (Lipinski definition) is 0. The molecule has 1 aliphatic rings. The van der Waals surface area contributed by atoms with Gasteiger partial charge in [-0.3, -0.25) is 9.88 Å². The maximum absolute atomic E-state index is 5.91. The van der Waals surface area contributed by atoms with Gasteiger partial charge in [0.25, 0.3) is 0 Å². The molecule has 1 saturated heterocycles. The molecule has 0 N–H and O–H groups in total. The van der Waals surface area contributed by atoms with Crippen LogP contribution in [-0.2, 0) is 11.3 Å². The third-order valence-corrected chi connectivity index (χ3v) is 4.90. The molecule has 0 unspecified atom stereocenters. The zero-order valence-corrected chi connectivity index (χ0v) is 14.1. The average Bonchev–Trinajstić information content (AvgIpc) is 2.93. The van der Waals surface area contributed by atoms with Crippen LogP contribution >= 0.6 is 11.3 Å². The van der Waals surface area contributed by atoms with Crippen molar-refractivity contribution < 1.29 is 4.74 Å². The Morgan fingerprint density at radius 3 is 2.86 bits per heavy atom. The molecular formula is C16H22N4OS. The summed E-state index contributed by atoms with van der Waals surface area (Å²) in [6.07, 6.45) is 1.96. The van der Waals surface area contributed by atoms with Gasteiger partial charge < -0.3 is 9.64 Å². The van der Waals surface area contributed by atoms with Crippen LogP contribution in [-0.4, -0.2) is 48.7 Å². The summed E-state index contributed by atoms with van der Waals surface area (Å²) >= 11 is 1.73. The molecule has 0 bridgehead atoms. The minimum absolute atomic E-state index is 0.0539. The Balaban J connectivity index is 1.66. The van der Waals surface area contributed by atoms with Crippen LogP contribution in [0, 0.1) is 6.92 Å². The molecule has 6 heteroatoms. The van der Waals surface area contributed by atoms with Gasteiger partial charge in [0.1, 0.15) is 6.10 Å². The third kappa shape index (κ3) is 3.45. The molecule has 0 aliphatic carbocycles. The van der Waals surface area contributed by atoms with E-state index in [1.165, 1.54) is 4.88 Å². The lowest BCUT2D eigenvalue weighted by Crippen LogP contribution is -2.38. The van der Waals surface area contributed by atoms with Crippen LogP contribution in [0.4, 0.5) is 5.69 Å². The van der Waals surface area contributed by atoms with Crippen LogP contribution in [0.3, 0.4) is 0 Å². The van der Waals surface area contributed by atoms with E-state index in [4.69, 9.17) is 4.74 Å². The molecule has 0 aromatic carbocycles. The molecule has 22 heavy (non-hydrogen) atoms. The van der Waals surface area contributed by atoms with Crippen LogP contribution in [0.5, 0.6) is 0 Å². The monoisotopic (exact) mass is 318 g/mol. The number of nitrogens with zero attached hydrogens (tertiary/aromatic N) is 4. The number of aromatic nitrogens is 2. The molecule has 118 valence electrons. The van der Waals surface area contributed by atoms with E-state index in [1.54, 1.807) is 11.3 Å². The van der Waals surface area contributed by atoms with Gasteiger partial charge >= 0.3 is 0 Å². The Hall–Kier alpha value is -1.50. The second-order valence-corrected chi connectivity index (χ2v) is 6.73. The van der Waals surface area contributed by atoms with Gasteiger partial charge in [-0.2, -0.15) is 0 Å². The quantitative estimate of drug-likeness (QED) is 0.866. The van der Waals surface area contributed by atoms with Crippen LogP contribution < -0.4 is 4.90 Å². The Bertz CT molecular complexity index is 611. The summed E-state index contributed by atoms with van der Waals surface area (Å²) in [6, 6.07) is 4.17. The van der Waals surface area contributed by atoms with E-state index >= 15 is 0 Å². The summed E-state index contributed by atoms with van der Waals surface area (Å²) in [7, 11) is 4.04. The molecule has 3 heterocycles. The lowest BCUT2D eigenvalue weighted by atomic mass is 10.1. The number of ether oxygens (including phenoxy) is 1. The predicted octanol–water partition coefficient (Wildman–Crippen LogP) is 2.49. The van der Waals surface area contributed by atoms with Crippen molar-refractivity contribution in [2.75, 3.05) is 38.7 Å². The molecule has 1 fully saturated rings. The van der Waals surface area contributed by atoms with Gasteiger partial charge in [0, 0.05) is 38.6 Å². The second-order valence-electron chi connectivity index (χ2n) is 5.79. The average molecular weight is 318 g/mol. The Morgan fingerprint density at radius 2 is 2.23 bits per heavy atom. The summed E-state index contributed by atoms with van der Waals surface area (Å²) in [5, 5.41) is 0. The van der Waals surface area contributed by atoms with E-state index in [1.807, 2.05) is 25.8 Å². The minimum Gasteiger partial charge on any atom is -0.376 e. The van der Waals surface area contributed by atoms with Gasteiger partial charge in [-0.15, -0.1) is 11.3 Å². The number of hydrogen-bond acceptors (Lipinski definition) is 6. The van der Waals surface area contributed by atoms with E-state index in [0.29, 0.717) is 0 Å². The van der Waals surface area contributed by atoms with Gasteiger partial charge in [0.05, 0.1) is 35.4 Å². The first-order valence-electron chi connectivity index (χ1n) is 7.49.